The number of thiophene rings is 1. The molecule has 1 fully saturated rings. The van der Waals surface area contributed by atoms with Crippen molar-refractivity contribution in [2.75, 3.05) is 18.0 Å². The molecule has 2 aromatic heterocycles. The number of fused-ring (bicyclic) bond motifs is 3. The van der Waals surface area contributed by atoms with Gasteiger partial charge in [-0.05, 0) is 43.4 Å². The monoisotopic (exact) mass is 462 g/mol. The summed E-state index contributed by atoms with van der Waals surface area (Å²) in [5, 5.41) is 3.84. The highest BCUT2D eigenvalue weighted by Crippen LogP contribution is 2.39. The number of hydrogen-bond donors (Lipinski definition) is 1. The summed E-state index contributed by atoms with van der Waals surface area (Å²) in [7, 11) is 0. The Bertz CT molecular complexity index is 1270. The number of nitrogens with one attached hydrogen (secondary N) is 1. The molecule has 1 atom stereocenters. The van der Waals surface area contributed by atoms with Crippen molar-refractivity contribution in [1.29, 1.82) is 0 Å². The first-order valence-electron chi connectivity index (χ1n) is 11.5. The summed E-state index contributed by atoms with van der Waals surface area (Å²) in [6, 6.07) is 15.6. The molecule has 0 spiro atoms. The third-order valence-electron chi connectivity index (χ3n) is 6.54. The molecular formula is C26H27FN4OS. The quantitative estimate of drug-likeness (QED) is 0.420. The maximum absolute atomic E-state index is 14.4. The summed E-state index contributed by atoms with van der Waals surface area (Å²) in [5.41, 5.74) is 1.91. The Morgan fingerprint density at radius 3 is 2.70 bits per heavy atom. The van der Waals surface area contributed by atoms with Gasteiger partial charge in [-0.15, -0.1) is 11.3 Å². The normalized spacial score (nSPS) is 15.8. The minimum atomic E-state index is -0.250. The first kappa shape index (κ1) is 21.8. The van der Waals surface area contributed by atoms with E-state index < -0.39 is 0 Å². The fourth-order valence-electron chi connectivity index (χ4n) is 4.66. The zero-order valence-electron chi connectivity index (χ0n) is 18.6. The zero-order valence-corrected chi connectivity index (χ0v) is 19.4. The molecule has 4 aromatic rings. The predicted molar refractivity (Wildman–Crippen MR) is 132 cm³/mol. The maximum Gasteiger partial charge on any atom is 0.223 e. The highest BCUT2D eigenvalue weighted by Gasteiger charge is 2.28. The number of aromatic nitrogens is 2. The maximum atomic E-state index is 14.4. The first-order chi connectivity index (χ1) is 16.1. The number of carbonyl (C=O) groups is 1. The van der Waals surface area contributed by atoms with Gasteiger partial charge in [0.15, 0.2) is 0 Å². The van der Waals surface area contributed by atoms with Crippen LogP contribution in [0.15, 0.2) is 54.9 Å². The fourth-order valence-corrected chi connectivity index (χ4v) is 5.85. The summed E-state index contributed by atoms with van der Waals surface area (Å²) < 4.78 is 16.2. The minimum absolute atomic E-state index is 0.00301. The molecule has 5 nitrogen and oxygen atoms in total. The number of carbonyl (C=O) groups excluding carboxylic acids is 1. The Labute approximate surface area is 196 Å². The lowest BCUT2D eigenvalue weighted by Gasteiger charge is -2.33. The van der Waals surface area contributed by atoms with Gasteiger partial charge in [0, 0.05) is 29.7 Å². The van der Waals surface area contributed by atoms with Crippen LogP contribution >= 0.6 is 11.3 Å². The van der Waals surface area contributed by atoms with Crippen molar-refractivity contribution >= 4 is 43.4 Å². The van der Waals surface area contributed by atoms with Gasteiger partial charge in [0.1, 0.15) is 18.0 Å². The molecule has 1 amide bonds. The summed E-state index contributed by atoms with van der Waals surface area (Å²) in [5.74, 6) is 0.743. The topological polar surface area (TPSA) is 58.1 Å². The average Bonchev–Trinajstić information content (AvgIpc) is 3.24. The van der Waals surface area contributed by atoms with Crippen LogP contribution in [0.3, 0.4) is 0 Å². The number of rotatable bonds is 6. The van der Waals surface area contributed by atoms with Crippen molar-refractivity contribution < 1.29 is 9.18 Å². The molecule has 1 aliphatic rings. The van der Waals surface area contributed by atoms with Crippen molar-refractivity contribution in [3.8, 4) is 0 Å². The Morgan fingerprint density at radius 1 is 1.15 bits per heavy atom. The van der Waals surface area contributed by atoms with Gasteiger partial charge in [-0.1, -0.05) is 43.3 Å². The van der Waals surface area contributed by atoms with Crippen molar-refractivity contribution in [2.24, 2.45) is 5.92 Å². The van der Waals surface area contributed by atoms with E-state index >= 15 is 0 Å². The molecule has 3 heterocycles. The number of piperidine rings is 1. The highest BCUT2D eigenvalue weighted by molar-refractivity contribution is 7.26. The molecule has 0 radical (unpaired) electrons. The van der Waals surface area contributed by atoms with Gasteiger partial charge in [0.25, 0.3) is 0 Å². The van der Waals surface area contributed by atoms with E-state index in [1.54, 1.807) is 6.07 Å². The van der Waals surface area contributed by atoms with Crippen LogP contribution in [0.5, 0.6) is 0 Å². The van der Waals surface area contributed by atoms with Gasteiger partial charge >= 0.3 is 0 Å². The lowest BCUT2D eigenvalue weighted by atomic mass is 9.94. The molecule has 170 valence electrons. The van der Waals surface area contributed by atoms with E-state index in [0.29, 0.717) is 10.9 Å². The molecule has 0 saturated carbocycles. The average molecular weight is 463 g/mol. The second kappa shape index (κ2) is 9.43. The van der Waals surface area contributed by atoms with E-state index in [1.807, 2.05) is 24.3 Å². The van der Waals surface area contributed by atoms with Crippen LogP contribution in [0.2, 0.25) is 0 Å². The summed E-state index contributed by atoms with van der Waals surface area (Å²) >= 11 is 1.53. The van der Waals surface area contributed by atoms with Crippen LogP contribution in [0, 0.1) is 11.7 Å². The van der Waals surface area contributed by atoms with E-state index in [2.05, 4.69) is 39.2 Å². The van der Waals surface area contributed by atoms with Crippen molar-refractivity contribution in [2.45, 2.75) is 38.6 Å². The molecule has 0 bridgehead atoms. The van der Waals surface area contributed by atoms with Gasteiger partial charge in [-0.25, -0.2) is 14.4 Å². The molecular weight excluding hydrogens is 435 g/mol. The fraction of sp³-hybridized carbons (Fsp3) is 0.346. The van der Waals surface area contributed by atoms with Gasteiger partial charge in [-0.2, -0.15) is 0 Å². The number of amides is 1. The van der Waals surface area contributed by atoms with Crippen LogP contribution in [0.1, 0.15) is 31.7 Å². The van der Waals surface area contributed by atoms with Crippen molar-refractivity contribution in [3.63, 3.8) is 0 Å². The van der Waals surface area contributed by atoms with E-state index in [0.717, 1.165) is 54.0 Å². The van der Waals surface area contributed by atoms with Crippen LogP contribution in [-0.2, 0) is 11.2 Å². The van der Waals surface area contributed by atoms with Crippen LogP contribution in [0.25, 0.3) is 20.3 Å². The molecule has 1 unspecified atom stereocenters. The number of nitrogens with zero attached hydrogens (tertiary/aromatic N) is 3. The lowest BCUT2D eigenvalue weighted by Crippen LogP contribution is -2.44. The number of benzene rings is 2. The third kappa shape index (κ3) is 4.42. The molecule has 7 heteroatoms. The lowest BCUT2D eigenvalue weighted by molar-refractivity contribution is -0.126. The van der Waals surface area contributed by atoms with Gasteiger partial charge in [-0.3, -0.25) is 4.79 Å². The molecule has 5 rings (SSSR count). The minimum Gasteiger partial charge on any atom is -0.355 e. The van der Waals surface area contributed by atoms with Crippen molar-refractivity contribution in [1.82, 2.24) is 15.3 Å². The van der Waals surface area contributed by atoms with Gasteiger partial charge < -0.3 is 10.2 Å². The largest absolute Gasteiger partial charge is 0.355 e. The molecule has 0 aliphatic carbocycles. The van der Waals surface area contributed by atoms with Gasteiger partial charge in [0.2, 0.25) is 5.91 Å². The first-order valence-corrected chi connectivity index (χ1v) is 12.4. The Kier molecular flexibility index (Phi) is 6.22. The number of halogens is 1. The Hall–Kier alpha value is -3.06. The number of hydrogen-bond acceptors (Lipinski definition) is 5. The summed E-state index contributed by atoms with van der Waals surface area (Å²) in [6.07, 6.45) is 4.82. The van der Waals surface area contributed by atoms with E-state index in [1.165, 1.54) is 29.3 Å². The molecule has 2 aromatic carbocycles. The SMILES string of the molecule is CCC(Cc1ccccc1)NC(=O)C1CCN(c2ncnc3c2sc2cccc(F)c23)CC1. The van der Waals surface area contributed by atoms with Crippen LogP contribution < -0.4 is 10.2 Å². The van der Waals surface area contributed by atoms with E-state index in [-0.39, 0.29) is 23.7 Å². The van der Waals surface area contributed by atoms with Gasteiger partial charge in [0.05, 0.1) is 15.6 Å². The van der Waals surface area contributed by atoms with Crippen LogP contribution in [0.4, 0.5) is 10.2 Å². The summed E-state index contributed by atoms with van der Waals surface area (Å²) in [4.78, 5) is 24.1. The zero-order chi connectivity index (χ0) is 22.8. The molecule has 1 N–H and O–H groups in total. The highest BCUT2D eigenvalue weighted by atomic mass is 32.1. The molecule has 1 saturated heterocycles. The smallest absolute Gasteiger partial charge is 0.223 e. The van der Waals surface area contributed by atoms with E-state index in [4.69, 9.17) is 0 Å². The Morgan fingerprint density at radius 2 is 1.94 bits per heavy atom. The van der Waals surface area contributed by atoms with E-state index in [9.17, 15) is 9.18 Å². The Balaban J connectivity index is 1.26. The molecule has 33 heavy (non-hydrogen) atoms. The second-order valence-corrected chi connectivity index (χ2v) is 9.71. The standard InChI is InChI=1S/C26H27FN4OS/c1-2-19(15-17-7-4-3-5-8-17)30-26(32)18-11-13-31(14-12-18)25-24-23(28-16-29-25)22-20(27)9-6-10-21(22)33-24/h3-10,16,18-19H,2,11-15H2,1H3,(H,30,32). The van der Waals surface area contributed by atoms with Crippen molar-refractivity contribution in [3.05, 3.63) is 66.2 Å². The number of anilines is 1. The second-order valence-electron chi connectivity index (χ2n) is 8.65. The molecule has 1 aliphatic heterocycles. The predicted octanol–water partition coefficient (Wildman–Crippen LogP) is 5.34. The third-order valence-corrected chi connectivity index (χ3v) is 7.68. The van der Waals surface area contributed by atoms with Crippen LogP contribution in [-0.4, -0.2) is 35.0 Å². The summed E-state index contributed by atoms with van der Waals surface area (Å²) in [6.45, 7) is 3.61.